The lowest BCUT2D eigenvalue weighted by Crippen LogP contribution is -2.89. The number of rotatable bonds is 1. The molecule has 2 saturated heterocycles. The first kappa shape index (κ1) is 14.7. The third-order valence-electron chi connectivity index (χ3n) is 3.55. The van der Waals surface area contributed by atoms with Crippen LogP contribution in [0.2, 0.25) is 0 Å². The number of nitrogens with two attached hydrogens (primary N) is 1. The highest BCUT2D eigenvalue weighted by Gasteiger charge is 2.30. The predicted molar refractivity (Wildman–Crippen MR) is 68.9 cm³/mol. The Balaban J connectivity index is 1.81. The van der Waals surface area contributed by atoms with Gasteiger partial charge in [-0.1, -0.05) is 0 Å². The molecular weight excluding hydrogens is 248 g/mol. The van der Waals surface area contributed by atoms with Crippen molar-refractivity contribution in [2.75, 3.05) is 59.3 Å². The van der Waals surface area contributed by atoms with Crippen molar-refractivity contribution in [1.82, 2.24) is 4.90 Å². The number of quaternary nitrogens is 1. The first-order chi connectivity index (χ1) is 9.38. The summed E-state index contributed by atoms with van der Waals surface area (Å²) in [5.74, 6) is 0.234. The molecule has 110 valence electrons. The fraction of sp³-hybridized carbons (Fsp3) is 0.923. The smallest absolute Gasteiger partial charge is 0.280 e. The van der Waals surface area contributed by atoms with E-state index in [9.17, 15) is 4.79 Å². The maximum absolute atomic E-state index is 12.4. The van der Waals surface area contributed by atoms with Gasteiger partial charge in [-0.25, -0.2) is 0 Å². The molecule has 0 aliphatic carbocycles. The number of carbonyl (C=O) groups excluding carboxylic acids is 1. The summed E-state index contributed by atoms with van der Waals surface area (Å²) in [5, 5.41) is 2.15. The summed E-state index contributed by atoms with van der Waals surface area (Å²) in [6, 6.07) is 0.108. The van der Waals surface area contributed by atoms with Gasteiger partial charge in [0.05, 0.1) is 46.2 Å². The molecule has 6 heteroatoms. The van der Waals surface area contributed by atoms with Crippen molar-refractivity contribution in [1.29, 1.82) is 0 Å². The van der Waals surface area contributed by atoms with Crippen LogP contribution in [-0.4, -0.2) is 76.1 Å². The Hall–Kier alpha value is -0.690. The van der Waals surface area contributed by atoms with Gasteiger partial charge < -0.3 is 24.4 Å². The maximum atomic E-state index is 12.4. The summed E-state index contributed by atoms with van der Waals surface area (Å²) < 4.78 is 16.3. The maximum Gasteiger partial charge on any atom is 0.280 e. The largest absolute Gasteiger partial charge is 0.377 e. The number of nitrogens with zero attached hydrogens (tertiary/aromatic N) is 1. The van der Waals surface area contributed by atoms with Crippen molar-refractivity contribution >= 4 is 5.91 Å². The van der Waals surface area contributed by atoms with Gasteiger partial charge in [-0.3, -0.25) is 4.79 Å². The van der Waals surface area contributed by atoms with E-state index in [4.69, 9.17) is 14.2 Å². The van der Waals surface area contributed by atoms with Crippen molar-refractivity contribution < 1.29 is 24.3 Å². The van der Waals surface area contributed by atoms with E-state index in [1.807, 2.05) is 4.90 Å². The quantitative estimate of drug-likeness (QED) is 0.638. The van der Waals surface area contributed by atoms with E-state index in [1.165, 1.54) is 0 Å². The van der Waals surface area contributed by atoms with Crippen molar-refractivity contribution in [3.8, 4) is 0 Å². The highest BCUT2D eigenvalue weighted by atomic mass is 16.5. The molecule has 0 aromatic rings. The Morgan fingerprint density at radius 1 is 0.947 bits per heavy atom. The molecular formula is C13H25N2O4+. The molecule has 0 aromatic heterocycles. The number of ether oxygens (including phenoxy) is 3. The molecule has 0 aromatic carbocycles. The second-order valence-corrected chi connectivity index (χ2v) is 4.94. The first-order valence-electron chi connectivity index (χ1n) is 7.23. The lowest BCUT2D eigenvalue weighted by molar-refractivity contribution is -0.658. The Labute approximate surface area is 114 Å². The number of hydrogen-bond acceptors (Lipinski definition) is 4. The molecule has 6 nitrogen and oxygen atoms in total. The normalized spacial score (nSPS) is 27.6. The minimum absolute atomic E-state index is 0.108. The summed E-state index contributed by atoms with van der Waals surface area (Å²) >= 11 is 0. The molecule has 0 radical (unpaired) electrons. The van der Waals surface area contributed by atoms with Crippen LogP contribution < -0.4 is 5.32 Å². The predicted octanol–water partition coefficient (Wildman–Crippen LogP) is -1.40. The van der Waals surface area contributed by atoms with E-state index in [1.54, 1.807) is 0 Å². The molecule has 2 fully saturated rings. The minimum Gasteiger partial charge on any atom is -0.377 e. The van der Waals surface area contributed by atoms with E-state index in [0.29, 0.717) is 52.7 Å². The van der Waals surface area contributed by atoms with Crippen LogP contribution in [0.1, 0.15) is 12.8 Å². The van der Waals surface area contributed by atoms with Gasteiger partial charge in [-0.2, -0.15) is 0 Å². The molecule has 1 amide bonds. The fourth-order valence-electron chi connectivity index (χ4n) is 2.46. The Bertz CT molecular complexity index is 257. The van der Waals surface area contributed by atoms with E-state index in [0.717, 1.165) is 19.4 Å². The fourth-order valence-corrected chi connectivity index (χ4v) is 2.46. The van der Waals surface area contributed by atoms with E-state index in [2.05, 4.69) is 5.32 Å². The SMILES string of the molecule is O=C([C@@H]1CCC[NH2+]1)N1CCOCCOCCOCC1. The van der Waals surface area contributed by atoms with Gasteiger partial charge >= 0.3 is 0 Å². The van der Waals surface area contributed by atoms with E-state index in [-0.39, 0.29) is 11.9 Å². The van der Waals surface area contributed by atoms with Crippen molar-refractivity contribution in [2.45, 2.75) is 18.9 Å². The summed E-state index contributed by atoms with van der Waals surface area (Å²) in [4.78, 5) is 14.3. The van der Waals surface area contributed by atoms with Crippen LogP contribution >= 0.6 is 0 Å². The van der Waals surface area contributed by atoms with Crippen LogP contribution in [0.25, 0.3) is 0 Å². The summed E-state index contributed by atoms with van der Waals surface area (Å²) in [6.07, 6.45) is 2.12. The molecule has 0 bridgehead atoms. The van der Waals surface area contributed by atoms with Crippen LogP contribution in [0.15, 0.2) is 0 Å². The van der Waals surface area contributed by atoms with E-state index >= 15 is 0 Å². The Morgan fingerprint density at radius 2 is 1.53 bits per heavy atom. The third-order valence-corrected chi connectivity index (χ3v) is 3.55. The number of carbonyl (C=O) groups is 1. The first-order valence-corrected chi connectivity index (χ1v) is 7.23. The molecule has 2 N–H and O–H groups in total. The van der Waals surface area contributed by atoms with Gasteiger partial charge in [0.25, 0.3) is 5.91 Å². The molecule has 1 atom stereocenters. The highest BCUT2D eigenvalue weighted by molar-refractivity contribution is 5.80. The zero-order chi connectivity index (χ0) is 13.3. The average Bonchev–Trinajstić information content (AvgIpc) is 2.92. The average molecular weight is 273 g/mol. The second-order valence-electron chi connectivity index (χ2n) is 4.94. The van der Waals surface area contributed by atoms with Gasteiger partial charge in [-0.05, 0) is 0 Å². The summed E-state index contributed by atoms with van der Waals surface area (Å²) in [5.41, 5.74) is 0. The van der Waals surface area contributed by atoms with Gasteiger partial charge in [0, 0.05) is 25.9 Å². The van der Waals surface area contributed by atoms with Crippen LogP contribution in [-0.2, 0) is 19.0 Å². The van der Waals surface area contributed by atoms with Gasteiger partial charge in [-0.15, -0.1) is 0 Å². The minimum atomic E-state index is 0.108. The van der Waals surface area contributed by atoms with Gasteiger partial charge in [0.15, 0.2) is 6.04 Å². The molecule has 0 unspecified atom stereocenters. The standard InChI is InChI=1S/C13H24N2O4/c16-13(12-2-1-3-14-12)15-4-6-17-8-10-19-11-9-18-7-5-15/h12,14H,1-11H2/p+1/t12-/m0/s1. The Kier molecular flexibility index (Phi) is 6.56. The topological polar surface area (TPSA) is 64.6 Å². The lowest BCUT2D eigenvalue weighted by atomic mass is 10.2. The van der Waals surface area contributed by atoms with Crippen molar-refractivity contribution in [2.24, 2.45) is 0 Å². The summed E-state index contributed by atoms with van der Waals surface area (Å²) in [7, 11) is 0. The highest BCUT2D eigenvalue weighted by Crippen LogP contribution is 2.03. The third kappa shape index (κ3) is 5.06. The second kappa shape index (κ2) is 8.47. The van der Waals surface area contributed by atoms with Crippen molar-refractivity contribution in [3.63, 3.8) is 0 Å². The van der Waals surface area contributed by atoms with Gasteiger partial charge in [0.1, 0.15) is 0 Å². The van der Waals surface area contributed by atoms with Crippen LogP contribution in [0.4, 0.5) is 0 Å². The molecule has 2 aliphatic rings. The van der Waals surface area contributed by atoms with Crippen LogP contribution in [0, 0.1) is 0 Å². The molecule has 2 heterocycles. The van der Waals surface area contributed by atoms with Crippen LogP contribution in [0.5, 0.6) is 0 Å². The zero-order valence-corrected chi connectivity index (χ0v) is 11.5. The molecule has 2 rings (SSSR count). The zero-order valence-electron chi connectivity index (χ0n) is 11.5. The van der Waals surface area contributed by atoms with E-state index < -0.39 is 0 Å². The summed E-state index contributed by atoms with van der Waals surface area (Å²) in [6.45, 7) is 5.84. The Morgan fingerprint density at radius 3 is 2.05 bits per heavy atom. The number of amides is 1. The van der Waals surface area contributed by atoms with Crippen molar-refractivity contribution in [3.05, 3.63) is 0 Å². The molecule has 0 saturated carbocycles. The molecule has 0 spiro atoms. The molecule has 19 heavy (non-hydrogen) atoms. The monoisotopic (exact) mass is 273 g/mol. The van der Waals surface area contributed by atoms with Crippen LogP contribution in [0.3, 0.4) is 0 Å². The van der Waals surface area contributed by atoms with Gasteiger partial charge in [0.2, 0.25) is 0 Å². The lowest BCUT2D eigenvalue weighted by Gasteiger charge is -2.24. The number of hydrogen-bond donors (Lipinski definition) is 1. The molecule has 2 aliphatic heterocycles.